The lowest BCUT2D eigenvalue weighted by Crippen LogP contribution is -1.88. The van der Waals surface area contributed by atoms with E-state index in [1.807, 2.05) is 17.8 Å². The van der Waals surface area contributed by atoms with Crippen LogP contribution in [0.15, 0.2) is 61.2 Å². The maximum atomic E-state index is 3.75. The second-order valence-electron chi connectivity index (χ2n) is 5.28. The van der Waals surface area contributed by atoms with E-state index in [-0.39, 0.29) is 0 Å². The van der Waals surface area contributed by atoms with E-state index in [9.17, 15) is 0 Å². The zero-order chi connectivity index (χ0) is 14.4. The van der Waals surface area contributed by atoms with Gasteiger partial charge in [0.2, 0.25) is 0 Å². The molecule has 2 aromatic carbocycles. The van der Waals surface area contributed by atoms with Crippen LogP contribution in [-0.4, -0.2) is 5.75 Å². The molecule has 0 aromatic heterocycles. The second kappa shape index (κ2) is 7.35. The quantitative estimate of drug-likeness (QED) is 0.470. The van der Waals surface area contributed by atoms with Crippen molar-refractivity contribution in [3.63, 3.8) is 0 Å². The van der Waals surface area contributed by atoms with Crippen LogP contribution in [0, 0.1) is 0 Å². The van der Waals surface area contributed by atoms with Gasteiger partial charge < -0.3 is 0 Å². The van der Waals surface area contributed by atoms with Crippen molar-refractivity contribution in [2.45, 2.75) is 25.5 Å². The van der Waals surface area contributed by atoms with Crippen LogP contribution in [0.25, 0.3) is 11.1 Å². The van der Waals surface area contributed by atoms with E-state index >= 15 is 0 Å². The van der Waals surface area contributed by atoms with Crippen LogP contribution < -0.4 is 0 Å². The summed E-state index contributed by atoms with van der Waals surface area (Å²) in [5.74, 6) is 2.64. The first-order chi connectivity index (χ1) is 9.70. The fourth-order valence-electron chi connectivity index (χ4n) is 2.13. The molecule has 0 atom stereocenters. The predicted molar refractivity (Wildman–Crippen MR) is 92.3 cm³/mol. The minimum absolute atomic E-state index is 0.574. The summed E-state index contributed by atoms with van der Waals surface area (Å²) in [5.41, 5.74) is 5.38. The van der Waals surface area contributed by atoms with Gasteiger partial charge in [0, 0.05) is 11.5 Å². The van der Waals surface area contributed by atoms with E-state index in [0.29, 0.717) is 5.92 Å². The number of benzene rings is 2. The third kappa shape index (κ3) is 4.01. The second-order valence-corrected chi connectivity index (χ2v) is 6.31. The molecule has 0 N–H and O–H groups in total. The third-order valence-corrected chi connectivity index (χ3v) is 4.35. The van der Waals surface area contributed by atoms with Crippen LogP contribution in [0.3, 0.4) is 0 Å². The Balaban J connectivity index is 2.13. The van der Waals surface area contributed by atoms with E-state index < -0.39 is 0 Å². The van der Waals surface area contributed by atoms with E-state index in [1.54, 1.807) is 0 Å². The van der Waals surface area contributed by atoms with Gasteiger partial charge in [0.25, 0.3) is 0 Å². The Morgan fingerprint density at radius 3 is 2.45 bits per heavy atom. The van der Waals surface area contributed by atoms with Gasteiger partial charge in [-0.05, 0) is 28.2 Å². The standard InChI is InChI=1S/C19H22S/c1-4-12-20-14-16-8-10-17(11-9-16)19-7-5-6-18(13-19)15(2)3/h4-11,13,15H,1,12,14H2,2-3H3. The summed E-state index contributed by atoms with van der Waals surface area (Å²) in [6.45, 7) is 8.22. The van der Waals surface area contributed by atoms with Gasteiger partial charge in [-0.1, -0.05) is 68.5 Å². The molecule has 104 valence electrons. The molecule has 0 radical (unpaired) electrons. The average Bonchev–Trinajstić information content (AvgIpc) is 2.48. The molecule has 0 spiro atoms. The van der Waals surface area contributed by atoms with Crippen LogP contribution >= 0.6 is 11.8 Å². The van der Waals surface area contributed by atoms with Gasteiger partial charge in [-0.3, -0.25) is 0 Å². The van der Waals surface area contributed by atoms with Crippen molar-refractivity contribution >= 4 is 11.8 Å². The molecule has 0 aliphatic heterocycles. The Hall–Kier alpha value is -1.47. The largest absolute Gasteiger partial charge is 0.153 e. The van der Waals surface area contributed by atoms with Crippen LogP contribution in [0.1, 0.15) is 30.9 Å². The van der Waals surface area contributed by atoms with Gasteiger partial charge in [-0.25, -0.2) is 0 Å². The summed E-state index contributed by atoms with van der Waals surface area (Å²) in [7, 11) is 0. The summed E-state index contributed by atoms with van der Waals surface area (Å²) in [6, 6.07) is 17.7. The molecule has 2 rings (SSSR count). The lowest BCUT2D eigenvalue weighted by Gasteiger charge is -2.09. The van der Waals surface area contributed by atoms with E-state index in [1.165, 1.54) is 22.3 Å². The number of hydrogen-bond donors (Lipinski definition) is 0. The topological polar surface area (TPSA) is 0 Å². The van der Waals surface area contributed by atoms with Gasteiger partial charge in [-0.15, -0.1) is 6.58 Å². The van der Waals surface area contributed by atoms with Crippen LogP contribution in [0.2, 0.25) is 0 Å². The minimum Gasteiger partial charge on any atom is -0.153 e. The van der Waals surface area contributed by atoms with E-state index in [4.69, 9.17) is 0 Å². The summed E-state index contributed by atoms with van der Waals surface area (Å²) in [4.78, 5) is 0. The van der Waals surface area contributed by atoms with Gasteiger partial charge in [-0.2, -0.15) is 11.8 Å². The summed E-state index contributed by atoms with van der Waals surface area (Å²) < 4.78 is 0. The summed E-state index contributed by atoms with van der Waals surface area (Å²) >= 11 is 1.90. The Labute approximate surface area is 126 Å². The molecule has 0 fully saturated rings. The van der Waals surface area contributed by atoms with Crippen molar-refractivity contribution in [1.82, 2.24) is 0 Å². The van der Waals surface area contributed by atoms with Crippen molar-refractivity contribution in [1.29, 1.82) is 0 Å². The van der Waals surface area contributed by atoms with Crippen molar-refractivity contribution in [2.24, 2.45) is 0 Å². The molecule has 0 saturated heterocycles. The first-order valence-corrected chi connectivity index (χ1v) is 8.24. The van der Waals surface area contributed by atoms with Gasteiger partial charge in [0.15, 0.2) is 0 Å². The normalized spacial score (nSPS) is 10.8. The smallest absolute Gasteiger partial charge is 0.0187 e. The molecule has 1 heteroatoms. The molecule has 0 bridgehead atoms. The average molecular weight is 282 g/mol. The lowest BCUT2D eigenvalue weighted by atomic mass is 9.97. The molecule has 0 aliphatic carbocycles. The Kier molecular flexibility index (Phi) is 5.49. The highest BCUT2D eigenvalue weighted by Crippen LogP contribution is 2.25. The van der Waals surface area contributed by atoms with Gasteiger partial charge >= 0.3 is 0 Å². The number of thioether (sulfide) groups is 1. The molecule has 0 heterocycles. The first kappa shape index (κ1) is 14.9. The molecular formula is C19H22S. The third-order valence-electron chi connectivity index (χ3n) is 3.34. The fourth-order valence-corrected chi connectivity index (χ4v) is 2.84. The number of rotatable bonds is 6. The predicted octanol–water partition coefficient (Wildman–Crippen LogP) is 5.90. The maximum absolute atomic E-state index is 3.75. The van der Waals surface area contributed by atoms with Crippen molar-refractivity contribution in [3.8, 4) is 11.1 Å². The lowest BCUT2D eigenvalue weighted by molar-refractivity contribution is 0.867. The fraction of sp³-hybridized carbons (Fsp3) is 0.263. The Morgan fingerprint density at radius 1 is 1.05 bits per heavy atom. The zero-order valence-corrected chi connectivity index (χ0v) is 13.1. The molecular weight excluding hydrogens is 260 g/mol. The van der Waals surface area contributed by atoms with Crippen LogP contribution in [-0.2, 0) is 5.75 Å². The minimum atomic E-state index is 0.574. The maximum Gasteiger partial charge on any atom is 0.0187 e. The highest BCUT2D eigenvalue weighted by Gasteiger charge is 2.02. The Bertz CT molecular complexity index is 552. The van der Waals surface area contributed by atoms with Crippen LogP contribution in [0.4, 0.5) is 0 Å². The molecule has 20 heavy (non-hydrogen) atoms. The molecule has 0 aliphatic rings. The molecule has 0 saturated carbocycles. The molecule has 0 unspecified atom stereocenters. The monoisotopic (exact) mass is 282 g/mol. The highest BCUT2D eigenvalue weighted by molar-refractivity contribution is 7.98. The highest BCUT2D eigenvalue weighted by atomic mass is 32.2. The molecule has 2 aromatic rings. The number of hydrogen-bond acceptors (Lipinski definition) is 1. The molecule has 0 nitrogen and oxygen atoms in total. The summed E-state index contributed by atoms with van der Waals surface area (Å²) in [6.07, 6.45) is 1.95. The van der Waals surface area contributed by atoms with Gasteiger partial charge in [0.1, 0.15) is 0 Å². The van der Waals surface area contributed by atoms with Crippen molar-refractivity contribution in [2.75, 3.05) is 5.75 Å². The zero-order valence-electron chi connectivity index (χ0n) is 12.3. The van der Waals surface area contributed by atoms with Crippen molar-refractivity contribution < 1.29 is 0 Å². The van der Waals surface area contributed by atoms with Crippen molar-refractivity contribution in [3.05, 3.63) is 72.3 Å². The summed E-state index contributed by atoms with van der Waals surface area (Å²) in [5, 5.41) is 0. The molecule has 0 amide bonds. The van der Waals surface area contributed by atoms with E-state index in [0.717, 1.165) is 11.5 Å². The van der Waals surface area contributed by atoms with Crippen LogP contribution in [0.5, 0.6) is 0 Å². The van der Waals surface area contributed by atoms with Gasteiger partial charge in [0.05, 0.1) is 0 Å². The van der Waals surface area contributed by atoms with E-state index in [2.05, 4.69) is 69.0 Å². The first-order valence-electron chi connectivity index (χ1n) is 7.08. The SMILES string of the molecule is C=CCSCc1ccc(-c2cccc(C(C)C)c2)cc1. The Morgan fingerprint density at radius 2 is 1.80 bits per heavy atom.